The molecule has 6 nitrogen and oxygen atoms in total. The Morgan fingerprint density at radius 3 is 2.63 bits per heavy atom. The van der Waals surface area contributed by atoms with E-state index in [1.54, 1.807) is 26.4 Å². The van der Waals surface area contributed by atoms with Crippen LogP contribution in [0.2, 0.25) is 0 Å². The third-order valence-corrected chi connectivity index (χ3v) is 2.88. The predicted molar refractivity (Wildman–Crippen MR) is 70.3 cm³/mol. The van der Waals surface area contributed by atoms with Crippen molar-refractivity contribution < 1.29 is 13.9 Å². The summed E-state index contributed by atoms with van der Waals surface area (Å²) in [7, 11) is 5.04. The second-order valence-electron chi connectivity index (χ2n) is 4.02. The highest BCUT2D eigenvalue weighted by Crippen LogP contribution is 2.33. The van der Waals surface area contributed by atoms with Gasteiger partial charge in [0.2, 0.25) is 5.89 Å². The molecule has 0 radical (unpaired) electrons. The standard InChI is InChI=1S/C13H17N3O3/c1-8(14-2)12-15-16-13(19-12)10-7-9(17-3)5-6-11(10)18-4/h5-8,14H,1-4H3. The molecule has 0 aliphatic rings. The fourth-order valence-electron chi connectivity index (χ4n) is 1.62. The molecule has 1 unspecified atom stereocenters. The van der Waals surface area contributed by atoms with Crippen LogP contribution in [-0.4, -0.2) is 31.5 Å². The Bertz CT molecular complexity index is 554. The normalized spacial score (nSPS) is 12.2. The van der Waals surface area contributed by atoms with Gasteiger partial charge in [0.15, 0.2) is 0 Å². The third kappa shape index (κ3) is 2.68. The molecule has 0 saturated heterocycles. The summed E-state index contributed by atoms with van der Waals surface area (Å²) >= 11 is 0. The van der Waals surface area contributed by atoms with Crippen LogP contribution in [0.25, 0.3) is 11.5 Å². The van der Waals surface area contributed by atoms with E-state index in [9.17, 15) is 0 Å². The topological polar surface area (TPSA) is 69.4 Å². The molecule has 2 rings (SSSR count). The van der Waals surface area contributed by atoms with Crippen molar-refractivity contribution in [3.8, 4) is 23.0 Å². The molecule has 0 amide bonds. The Hall–Kier alpha value is -2.08. The van der Waals surface area contributed by atoms with E-state index in [0.717, 1.165) is 0 Å². The van der Waals surface area contributed by atoms with Crippen molar-refractivity contribution in [2.45, 2.75) is 13.0 Å². The van der Waals surface area contributed by atoms with Crippen molar-refractivity contribution in [1.82, 2.24) is 15.5 Å². The molecule has 1 aromatic heterocycles. The summed E-state index contributed by atoms with van der Waals surface area (Å²) in [5.74, 6) is 2.31. The lowest BCUT2D eigenvalue weighted by atomic mass is 10.2. The average Bonchev–Trinajstić information content (AvgIpc) is 2.95. The maximum atomic E-state index is 5.64. The van der Waals surface area contributed by atoms with Gasteiger partial charge in [0.25, 0.3) is 5.89 Å². The summed E-state index contributed by atoms with van der Waals surface area (Å²) in [6, 6.07) is 5.42. The first kappa shape index (κ1) is 13.4. The maximum Gasteiger partial charge on any atom is 0.251 e. The lowest BCUT2D eigenvalue weighted by molar-refractivity contribution is 0.400. The zero-order valence-electron chi connectivity index (χ0n) is 11.4. The Kier molecular flexibility index (Phi) is 4.01. The van der Waals surface area contributed by atoms with Crippen LogP contribution < -0.4 is 14.8 Å². The largest absolute Gasteiger partial charge is 0.497 e. The molecule has 1 atom stereocenters. The zero-order chi connectivity index (χ0) is 13.8. The number of hydrogen-bond donors (Lipinski definition) is 1. The fraction of sp³-hybridized carbons (Fsp3) is 0.385. The predicted octanol–water partition coefficient (Wildman–Crippen LogP) is 2.03. The fourth-order valence-corrected chi connectivity index (χ4v) is 1.62. The molecule has 0 bridgehead atoms. The van der Waals surface area contributed by atoms with Gasteiger partial charge in [0.05, 0.1) is 25.8 Å². The van der Waals surface area contributed by atoms with Crippen molar-refractivity contribution in [1.29, 1.82) is 0 Å². The smallest absolute Gasteiger partial charge is 0.251 e. The van der Waals surface area contributed by atoms with Crippen LogP contribution in [0.15, 0.2) is 22.6 Å². The van der Waals surface area contributed by atoms with Crippen LogP contribution in [-0.2, 0) is 0 Å². The summed E-state index contributed by atoms with van der Waals surface area (Å²) in [4.78, 5) is 0. The number of hydrogen-bond acceptors (Lipinski definition) is 6. The van der Waals surface area contributed by atoms with Crippen LogP contribution >= 0.6 is 0 Å². The highest BCUT2D eigenvalue weighted by Gasteiger charge is 2.17. The van der Waals surface area contributed by atoms with Crippen molar-refractivity contribution in [3.05, 3.63) is 24.1 Å². The molecule has 102 valence electrons. The number of methoxy groups -OCH3 is 2. The van der Waals surface area contributed by atoms with Crippen LogP contribution in [0.5, 0.6) is 11.5 Å². The summed E-state index contributed by atoms with van der Waals surface area (Å²) in [6.45, 7) is 1.94. The van der Waals surface area contributed by atoms with Gasteiger partial charge in [0.1, 0.15) is 11.5 Å². The highest BCUT2D eigenvalue weighted by atomic mass is 16.5. The Morgan fingerprint density at radius 1 is 1.21 bits per heavy atom. The van der Waals surface area contributed by atoms with Gasteiger partial charge < -0.3 is 19.2 Å². The minimum atomic E-state index is -0.00199. The van der Waals surface area contributed by atoms with Crippen LogP contribution in [0, 0.1) is 0 Å². The van der Waals surface area contributed by atoms with E-state index in [0.29, 0.717) is 28.8 Å². The molecule has 19 heavy (non-hydrogen) atoms. The number of aromatic nitrogens is 2. The van der Waals surface area contributed by atoms with E-state index in [4.69, 9.17) is 13.9 Å². The molecule has 1 N–H and O–H groups in total. The van der Waals surface area contributed by atoms with Crippen molar-refractivity contribution >= 4 is 0 Å². The van der Waals surface area contributed by atoms with Gasteiger partial charge in [0, 0.05) is 0 Å². The summed E-state index contributed by atoms with van der Waals surface area (Å²) in [5.41, 5.74) is 0.712. The Labute approximate surface area is 111 Å². The van der Waals surface area contributed by atoms with E-state index in [1.165, 1.54) is 0 Å². The molecular formula is C13H17N3O3. The van der Waals surface area contributed by atoms with E-state index in [1.807, 2.05) is 20.0 Å². The van der Waals surface area contributed by atoms with Gasteiger partial charge in [-0.1, -0.05) is 0 Å². The van der Waals surface area contributed by atoms with E-state index >= 15 is 0 Å². The number of benzene rings is 1. The third-order valence-electron chi connectivity index (χ3n) is 2.88. The lowest BCUT2D eigenvalue weighted by Gasteiger charge is -2.07. The number of nitrogens with zero attached hydrogens (tertiary/aromatic N) is 2. The summed E-state index contributed by atoms with van der Waals surface area (Å²) in [5, 5.41) is 11.1. The van der Waals surface area contributed by atoms with Gasteiger partial charge in [-0.05, 0) is 32.2 Å². The number of rotatable bonds is 5. The summed E-state index contributed by atoms with van der Waals surface area (Å²) in [6.07, 6.45) is 0. The lowest BCUT2D eigenvalue weighted by Crippen LogP contribution is -2.12. The van der Waals surface area contributed by atoms with Crippen molar-refractivity contribution in [2.75, 3.05) is 21.3 Å². The number of nitrogens with one attached hydrogen (secondary N) is 1. The van der Waals surface area contributed by atoms with Gasteiger partial charge in [-0.25, -0.2) is 0 Å². The van der Waals surface area contributed by atoms with Crippen molar-refractivity contribution in [2.24, 2.45) is 0 Å². The zero-order valence-corrected chi connectivity index (χ0v) is 11.4. The van der Waals surface area contributed by atoms with Crippen LogP contribution in [0.1, 0.15) is 18.9 Å². The first-order valence-corrected chi connectivity index (χ1v) is 5.92. The van der Waals surface area contributed by atoms with E-state index in [2.05, 4.69) is 15.5 Å². The second kappa shape index (κ2) is 5.71. The molecule has 0 saturated carbocycles. The Morgan fingerprint density at radius 2 is 2.00 bits per heavy atom. The quantitative estimate of drug-likeness (QED) is 0.890. The average molecular weight is 263 g/mol. The number of ether oxygens (including phenoxy) is 2. The molecule has 6 heteroatoms. The van der Waals surface area contributed by atoms with E-state index < -0.39 is 0 Å². The highest BCUT2D eigenvalue weighted by molar-refractivity contribution is 5.64. The monoisotopic (exact) mass is 263 g/mol. The van der Waals surface area contributed by atoms with Crippen LogP contribution in [0.3, 0.4) is 0 Å². The van der Waals surface area contributed by atoms with Crippen LogP contribution in [0.4, 0.5) is 0 Å². The van der Waals surface area contributed by atoms with Gasteiger partial charge in [-0.3, -0.25) is 0 Å². The minimum Gasteiger partial charge on any atom is -0.497 e. The van der Waals surface area contributed by atoms with Gasteiger partial charge >= 0.3 is 0 Å². The molecule has 2 aromatic rings. The van der Waals surface area contributed by atoms with E-state index in [-0.39, 0.29) is 6.04 Å². The molecule has 1 heterocycles. The molecular weight excluding hydrogens is 246 g/mol. The molecule has 0 aliphatic heterocycles. The SMILES string of the molecule is CNC(C)c1nnc(-c2cc(OC)ccc2OC)o1. The van der Waals surface area contributed by atoms with Gasteiger partial charge in [-0.2, -0.15) is 0 Å². The Balaban J connectivity index is 2.42. The first-order chi connectivity index (χ1) is 9.19. The summed E-state index contributed by atoms with van der Waals surface area (Å²) < 4.78 is 16.1. The first-order valence-electron chi connectivity index (χ1n) is 5.92. The van der Waals surface area contributed by atoms with Gasteiger partial charge in [-0.15, -0.1) is 10.2 Å². The molecule has 1 aromatic carbocycles. The van der Waals surface area contributed by atoms with Crippen molar-refractivity contribution in [3.63, 3.8) is 0 Å². The maximum absolute atomic E-state index is 5.64. The molecule has 0 spiro atoms. The molecule has 0 fully saturated rings. The molecule has 0 aliphatic carbocycles. The minimum absolute atomic E-state index is 0.00199. The second-order valence-corrected chi connectivity index (χ2v) is 4.02.